The summed E-state index contributed by atoms with van der Waals surface area (Å²) in [5, 5.41) is 1.90. The molecule has 0 amide bonds. The number of ether oxygens (including phenoxy) is 1. The Morgan fingerprint density at radius 1 is 1.03 bits per heavy atom. The average Bonchev–Trinajstić information content (AvgIpc) is 3.05. The molecule has 0 atom stereocenters. The van der Waals surface area contributed by atoms with Crippen LogP contribution in [0.2, 0.25) is 0 Å². The number of halogens is 4. The highest BCUT2D eigenvalue weighted by atomic mass is 35.5. The summed E-state index contributed by atoms with van der Waals surface area (Å²) in [4.78, 5) is 4.67. The van der Waals surface area contributed by atoms with E-state index >= 15 is 0 Å². The second-order valence-corrected chi connectivity index (χ2v) is 10.4. The topological polar surface area (TPSA) is 12.5 Å². The lowest BCUT2D eigenvalue weighted by atomic mass is 10.1. The van der Waals surface area contributed by atoms with Gasteiger partial charge in [0.15, 0.2) is 0 Å². The number of hydrogen-bond acceptors (Lipinski definition) is 4. The summed E-state index contributed by atoms with van der Waals surface area (Å²) in [6.45, 7) is 4.56. The number of benzene rings is 1. The first-order chi connectivity index (χ1) is 15.5. The molecule has 8 heteroatoms. The number of thioether (sulfide) groups is 1. The third kappa shape index (κ3) is 5.43. The molecule has 2 nitrogen and oxygen atoms in total. The molecule has 0 bridgehead atoms. The Balaban J connectivity index is 0.00000259. The molecular formula is C25H25ClF3NOS2. The normalized spacial score (nSPS) is 18.6. The maximum absolute atomic E-state index is 13.2. The van der Waals surface area contributed by atoms with Crippen LogP contribution in [0.4, 0.5) is 13.2 Å². The molecule has 3 aliphatic rings. The molecule has 0 N–H and O–H groups in total. The summed E-state index contributed by atoms with van der Waals surface area (Å²) in [7, 11) is 0. The molecule has 1 aromatic carbocycles. The Bertz CT molecular complexity index is 1240. The molecule has 0 unspecified atom stereocenters. The lowest BCUT2D eigenvalue weighted by Crippen LogP contribution is -2.32. The van der Waals surface area contributed by atoms with Gasteiger partial charge in [0.25, 0.3) is 0 Å². The van der Waals surface area contributed by atoms with E-state index in [0.29, 0.717) is 17.9 Å². The third-order valence-corrected chi connectivity index (χ3v) is 8.26. The molecule has 1 aliphatic carbocycles. The van der Waals surface area contributed by atoms with Gasteiger partial charge in [-0.05, 0) is 55.8 Å². The summed E-state index contributed by atoms with van der Waals surface area (Å²) in [5.41, 5.74) is 0.485. The van der Waals surface area contributed by atoms with E-state index in [0.717, 1.165) is 50.2 Å². The fourth-order valence-corrected chi connectivity index (χ4v) is 6.66. The predicted molar refractivity (Wildman–Crippen MR) is 135 cm³/mol. The van der Waals surface area contributed by atoms with Crippen LogP contribution >= 0.6 is 35.5 Å². The number of alkyl halides is 3. The molecule has 2 aliphatic heterocycles. The molecule has 5 rings (SSSR count). The van der Waals surface area contributed by atoms with Gasteiger partial charge in [0.1, 0.15) is 0 Å². The molecular weight excluding hydrogens is 487 g/mol. The molecule has 0 saturated carbocycles. The van der Waals surface area contributed by atoms with Crippen LogP contribution in [0.3, 0.4) is 0 Å². The van der Waals surface area contributed by atoms with Gasteiger partial charge in [-0.1, -0.05) is 42.5 Å². The Kier molecular flexibility index (Phi) is 7.76. The van der Waals surface area contributed by atoms with Crippen molar-refractivity contribution in [1.29, 1.82) is 0 Å². The number of hydrogen-bond donors (Lipinski definition) is 0. The Labute approximate surface area is 205 Å². The van der Waals surface area contributed by atoms with E-state index in [1.807, 2.05) is 12.2 Å². The second-order valence-electron chi connectivity index (χ2n) is 8.22. The Morgan fingerprint density at radius 3 is 2.64 bits per heavy atom. The zero-order chi connectivity index (χ0) is 22.1. The van der Waals surface area contributed by atoms with Crippen molar-refractivity contribution in [3.05, 3.63) is 68.3 Å². The number of nitrogens with zero attached hydrogens (tertiary/aromatic N) is 1. The van der Waals surface area contributed by atoms with Crippen molar-refractivity contribution >= 4 is 56.6 Å². The van der Waals surface area contributed by atoms with Gasteiger partial charge in [0.2, 0.25) is 0 Å². The quantitative estimate of drug-likeness (QED) is 0.466. The number of thiophene rings is 1. The van der Waals surface area contributed by atoms with Crippen LogP contribution in [0.15, 0.2) is 53.0 Å². The maximum atomic E-state index is 13.2. The average molecular weight is 512 g/mol. The summed E-state index contributed by atoms with van der Waals surface area (Å²) >= 11 is 3.08. The first-order valence-corrected chi connectivity index (χ1v) is 12.5. The number of piperidine rings is 1. The molecule has 1 saturated heterocycles. The summed E-state index contributed by atoms with van der Waals surface area (Å²) in [6, 6.07) is 4.07. The number of likely N-dealkylation sites (tertiary alicyclic amines) is 1. The zero-order valence-electron chi connectivity index (χ0n) is 18.0. The first kappa shape index (κ1) is 24.6. The Hall–Kier alpha value is -1.51. The van der Waals surface area contributed by atoms with Crippen LogP contribution in [0.25, 0.3) is 21.1 Å². The molecule has 1 fully saturated rings. The molecule has 0 radical (unpaired) electrons. The van der Waals surface area contributed by atoms with Gasteiger partial charge < -0.3 is 9.64 Å². The molecule has 1 aromatic heterocycles. The SMILES string of the molecule is Cl.FC(F)(F)c1ccc2c3c(sc2c1)=CC=CC1=CC=C(COCCN2CCCCC2)SC=31. The summed E-state index contributed by atoms with van der Waals surface area (Å²) < 4.78 is 47.2. The highest BCUT2D eigenvalue weighted by Crippen LogP contribution is 2.38. The van der Waals surface area contributed by atoms with Crippen molar-refractivity contribution < 1.29 is 17.9 Å². The van der Waals surface area contributed by atoms with Gasteiger partial charge in [0.05, 0.1) is 18.8 Å². The number of allylic oxidation sites excluding steroid dienone is 4. The molecule has 33 heavy (non-hydrogen) atoms. The third-order valence-electron chi connectivity index (χ3n) is 5.98. The van der Waals surface area contributed by atoms with Crippen LogP contribution in [0.5, 0.6) is 0 Å². The number of rotatable bonds is 5. The largest absolute Gasteiger partial charge is 0.416 e. The minimum Gasteiger partial charge on any atom is -0.375 e. The van der Waals surface area contributed by atoms with Gasteiger partial charge in [-0.2, -0.15) is 13.2 Å². The van der Waals surface area contributed by atoms with E-state index in [2.05, 4.69) is 23.1 Å². The Morgan fingerprint density at radius 2 is 1.85 bits per heavy atom. The van der Waals surface area contributed by atoms with E-state index in [1.54, 1.807) is 17.8 Å². The first-order valence-electron chi connectivity index (χ1n) is 10.9. The lowest BCUT2D eigenvalue weighted by Gasteiger charge is -2.26. The van der Waals surface area contributed by atoms with E-state index < -0.39 is 11.7 Å². The van der Waals surface area contributed by atoms with Crippen molar-refractivity contribution in [2.24, 2.45) is 0 Å². The van der Waals surface area contributed by atoms with Crippen LogP contribution in [-0.2, 0) is 10.9 Å². The fourth-order valence-electron chi connectivity index (χ4n) is 4.32. The van der Waals surface area contributed by atoms with Crippen LogP contribution < -0.4 is 9.75 Å². The maximum Gasteiger partial charge on any atom is 0.416 e. The van der Waals surface area contributed by atoms with Gasteiger partial charge in [-0.15, -0.1) is 23.7 Å². The van der Waals surface area contributed by atoms with Crippen molar-refractivity contribution in [2.75, 3.05) is 32.8 Å². The zero-order valence-corrected chi connectivity index (χ0v) is 20.4. The van der Waals surface area contributed by atoms with Gasteiger partial charge >= 0.3 is 6.18 Å². The van der Waals surface area contributed by atoms with Gasteiger partial charge in [0, 0.05) is 36.2 Å². The van der Waals surface area contributed by atoms with Gasteiger partial charge in [-0.3, -0.25) is 0 Å². The summed E-state index contributed by atoms with van der Waals surface area (Å²) in [5.74, 6) is 0. The van der Waals surface area contributed by atoms with E-state index in [-0.39, 0.29) is 12.4 Å². The van der Waals surface area contributed by atoms with Crippen molar-refractivity contribution in [1.82, 2.24) is 4.90 Å². The van der Waals surface area contributed by atoms with Crippen LogP contribution in [0.1, 0.15) is 24.8 Å². The van der Waals surface area contributed by atoms with E-state index in [1.165, 1.54) is 42.7 Å². The highest BCUT2D eigenvalue weighted by Gasteiger charge is 2.31. The minimum absolute atomic E-state index is 0. The molecule has 2 aromatic rings. The summed E-state index contributed by atoms with van der Waals surface area (Å²) in [6.07, 6.45) is 9.77. The highest BCUT2D eigenvalue weighted by molar-refractivity contribution is 8.11. The predicted octanol–water partition coefficient (Wildman–Crippen LogP) is 5.86. The van der Waals surface area contributed by atoms with Gasteiger partial charge in [-0.25, -0.2) is 0 Å². The van der Waals surface area contributed by atoms with E-state index in [4.69, 9.17) is 4.74 Å². The monoisotopic (exact) mass is 511 g/mol. The molecule has 176 valence electrons. The lowest BCUT2D eigenvalue weighted by molar-refractivity contribution is -0.137. The van der Waals surface area contributed by atoms with Crippen molar-refractivity contribution in [3.8, 4) is 0 Å². The fraction of sp³-hybridized carbons (Fsp3) is 0.360. The smallest absolute Gasteiger partial charge is 0.375 e. The molecule has 0 spiro atoms. The van der Waals surface area contributed by atoms with E-state index in [9.17, 15) is 13.2 Å². The van der Waals surface area contributed by atoms with Crippen molar-refractivity contribution in [3.63, 3.8) is 0 Å². The van der Waals surface area contributed by atoms with Crippen LogP contribution in [0, 0.1) is 0 Å². The molecule has 3 heterocycles. The number of fused-ring (bicyclic) bond motifs is 4. The minimum atomic E-state index is -4.33. The van der Waals surface area contributed by atoms with Crippen LogP contribution in [-0.4, -0.2) is 37.7 Å². The standard InChI is InChI=1S/C25H24F3NOS2.ClH/c26-25(27,28)18-8-10-20-22(15-18)32-21-6-4-5-17-7-9-19(31-24(17)23(20)21)16-30-14-13-29-11-2-1-3-12-29;/h4-10,15H,1-3,11-14,16H2;1H. The second kappa shape index (κ2) is 10.4. The van der Waals surface area contributed by atoms with Crippen molar-refractivity contribution in [2.45, 2.75) is 25.4 Å².